The van der Waals surface area contributed by atoms with E-state index in [1.54, 1.807) is 29.2 Å². The van der Waals surface area contributed by atoms with Crippen LogP contribution in [0, 0.1) is 13.8 Å². The van der Waals surface area contributed by atoms with Gasteiger partial charge in [0.1, 0.15) is 0 Å². The molecule has 1 heterocycles. The number of ketones is 1. The lowest BCUT2D eigenvalue weighted by Crippen LogP contribution is -2.36. The number of fused-ring (bicyclic) bond motifs is 1. The average Bonchev–Trinajstić information content (AvgIpc) is 3.04. The second-order valence-electron chi connectivity index (χ2n) is 7.29. The summed E-state index contributed by atoms with van der Waals surface area (Å²) < 4.78 is 1.08. The van der Waals surface area contributed by atoms with Crippen LogP contribution in [-0.2, 0) is 0 Å². The number of aromatic nitrogens is 1. The Hall–Kier alpha value is -2.28. The summed E-state index contributed by atoms with van der Waals surface area (Å²) in [7, 11) is 3.96. The van der Waals surface area contributed by atoms with Gasteiger partial charge in [0.15, 0.2) is 10.9 Å². The second kappa shape index (κ2) is 9.48. The summed E-state index contributed by atoms with van der Waals surface area (Å²) in [6.07, 6.45) is 0. The van der Waals surface area contributed by atoms with Gasteiger partial charge in [0.2, 0.25) is 0 Å². The van der Waals surface area contributed by atoms with Gasteiger partial charge in [-0.25, -0.2) is 4.98 Å². The van der Waals surface area contributed by atoms with Crippen molar-refractivity contribution in [2.24, 2.45) is 0 Å². The third-order valence-corrected chi connectivity index (χ3v) is 5.82. The normalized spacial score (nSPS) is 10.8. The predicted molar refractivity (Wildman–Crippen MR) is 123 cm³/mol. The second-order valence-corrected chi connectivity index (χ2v) is 8.30. The minimum absolute atomic E-state index is 0. The number of rotatable bonds is 6. The number of halogens is 1. The first-order valence-corrected chi connectivity index (χ1v) is 10.0. The van der Waals surface area contributed by atoms with Crippen molar-refractivity contribution in [3.8, 4) is 0 Å². The average molecular weight is 432 g/mol. The number of likely N-dealkylation sites (N-methyl/N-ethyl adjacent to an activating group) is 1. The number of Topliss-reactive ketones (excluding diaryl/α,β-unsaturated/α-hetero) is 1. The zero-order valence-electron chi connectivity index (χ0n) is 17.4. The topological polar surface area (TPSA) is 53.5 Å². The lowest BCUT2D eigenvalue weighted by Gasteiger charge is -2.22. The molecule has 7 heteroatoms. The molecule has 5 nitrogen and oxygen atoms in total. The van der Waals surface area contributed by atoms with Crippen LogP contribution < -0.4 is 4.90 Å². The molecule has 0 aliphatic carbocycles. The van der Waals surface area contributed by atoms with Crippen LogP contribution in [0.25, 0.3) is 10.2 Å². The fraction of sp³-hybridized carbons (Fsp3) is 0.318. The van der Waals surface area contributed by atoms with Crippen LogP contribution in [0.4, 0.5) is 5.13 Å². The highest BCUT2D eigenvalue weighted by Crippen LogP contribution is 2.31. The Bertz CT molecular complexity index is 989. The van der Waals surface area contributed by atoms with Crippen molar-refractivity contribution in [1.29, 1.82) is 0 Å². The van der Waals surface area contributed by atoms with Gasteiger partial charge in [-0.1, -0.05) is 23.5 Å². The quantitative estimate of drug-likeness (QED) is 0.528. The van der Waals surface area contributed by atoms with Crippen LogP contribution in [0.15, 0.2) is 36.4 Å². The molecule has 154 valence electrons. The van der Waals surface area contributed by atoms with E-state index in [4.69, 9.17) is 4.98 Å². The van der Waals surface area contributed by atoms with Gasteiger partial charge in [-0.05, 0) is 70.3 Å². The smallest absolute Gasteiger partial charge is 0.260 e. The summed E-state index contributed by atoms with van der Waals surface area (Å²) in [6, 6.07) is 11.0. The summed E-state index contributed by atoms with van der Waals surface area (Å²) >= 11 is 1.53. The van der Waals surface area contributed by atoms with Crippen LogP contribution in [0.1, 0.15) is 38.8 Å². The molecule has 3 aromatic rings. The van der Waals surface area contributed by atoms with Crippen LogP contribution in [0.3, 0.4) is 0 Å². The Labute approximate surface area is 181 Å². The van der Waals surface area contributed by atoms with E-state index in [0.717, 1.165) is 16.8 Å². The molecule has 0 saturated carbocycles. The van der Waals surface area contributed by atoms with Crippen molar-refractivity contribution < 1.29 is 9.59 Å². The maximum absolute atomic E-state index is 13.2. The van der Waals surface area contributed by atoms with Gasteiger partial charge in [0.05, 0.1) is 10.2 Å². The molecule has 0 atom stereocenters. The Morgan fingerprint density at radius 3 is 2.14 bits per heavy atom. The van der Waals surface area contributed by atoms with Crippen molar-refractivity contribution in [2.75, 3.05) is 32.1 Å². The van der Waals surface area contributed by atoms with E-state index in [1.807, 2.05) is 19.0 Å². The van der Waals surface area contributed by atoms with Gasteiger partial charge in [0, 0.05) is 24.2 Å². The number of carbonyl (C=O) groups is 2. The van der Waals surface area contributed by atoms with Crippen molar-refractivity contribution in [3.05, 3.63) is 58.7 Å². The molecular weight excluding hydrogens is 406 g/mol. The highest BCUT2D eigenvalue weighted by atomic mass is 35.5. The minimum Gasteiger partial charge on any atom is -0.308 e. The molecule has 0 radical (unpaired) electrons. The van der Waals surface area contributed by atoms with E-state index in [0.29, 0.717) is 22.8 Å². The van der Waals surface area contributed by atoms with E-state index in [2.05, 4.69) is 26.0 Å². The van der Waals surface area contributed by atoms with Crippen LogP contribution in [0.5, 0.6) is 0 Å². The number of hydrogen-bond acceptors (Lipinski definition) is 5. The first-order chi connectivity index (χ1) is 13.3. The zero-order chi connectivity index (χ0) is 20.4. The molecule has 2 aromatic carbocycles. The highest BCUT2D eigenvalue weighted by molar-refractivity contribution is 7.22. The molecule has 0 aliphatic heterocycles. The molecule has 0 bridgehead atoms. The van der Waals surface area contributed by atoms with Gasteiger partial charge in [-0.15, -0.1) is 12.4 Å². The molecule has 29 heavy (non-hydrogen) atoms. The van der Waals surface area contributed by atoms with E-state index in [-0.39, 0.29) is 24.1 Å². The van der Waals surface area contributed by atoms with E-state index in [9.17, 15) is 9.59 Å². The SMILES string of the molecule is CC(=O)c1ccc(C(=O)N(CCN(C)C)c2nc3cc(C)c(C)cc3s2)cc1.Cl. The van der Waals surface area contributed by atoms with Gasteiger partial charge >= 0.3 is 0 Å². The lowest BCUT2D eigenvalue weighted by atomic mass is 10.1. The number of aryl methyl sites for hydroxylation is 2. The van der Waals surface area contributed by atoms with Crippen molar-refractivity contribution >= 4 is 50.8 Å². The predicted octanol–water partition coefficient (Wildman–Crippen LogP) is 4.75. The molecule has 1 aromatic heterocycles. The fourth-order valence-electron chi connectivity index (χ4n) is 2.87. The van der Waals surface area contributed by atoms with Gasteiger partial charge in [0.25, 0.3) is 5.91 Å². The van der Waals surface area contributed by atoms with Gasteiger partial charge < -0.3 is 4.90 Å². The number of benzene rings is 2. The van der Waals surface area contributed by atoms with Gasteiger partial charge in [-0.2, -0.15) is 0 Å². The number of carbonyl (C=O) groups excluding carboxylic acids is 2. The molecule has 0 saturated heterocycles. The maximum atomic E-state index is 13.2. The number of anilines is 1. The van der Waals surface area contributed by atoms with E-state index >= 15 is 0 Å². The number of amides is 1. The van der Waals surface area contributed by atoms with Gasteiger partial charge in [-0.3, -0.25) is 14.5 Å². The lowest BCUT2D eigenvalue weighted by molar-refractivity contribution is 0.0981. The summed E-state index contributed by atoms with van der Waals surface area (Å²) in [5.41, 5.74) is 4.47. The summed E-state index contributed by atoms with van der Waals surface area (Å²) in [4.78, 5) is 33.3. The van der Waals surface area contributed by atoms with E-state index in [1.165, 1.54) is 29.4 Å². The number of hydrogen-bond donors (Lipinski definition) is 0. The maximum Gasteiger partial charge on any atom is 0.260 e. The van der Waals surface area contributed by atoms with Crippen molar-refractivity contribution in [3.63, 3.8) is 0 Å². The zero-order valence-corrected chi connectivity index (χ0v) is 19.0. The Morgan fingerprint density at radius 2 is 1.55 bits per heavy atom. The van der Waals surface area contributed by atoms with Crippen molar-refractivity contribution in [1.82, 2.24) is 9.88 Å². The standard InChI is InChI=1S/C22H25N3O2S.ClH/c1-14-12-19-20(13-15(14)2)28-22(23-19)25(11-10-24(4)5)21(27)18-8-6-17(7-9-18)16(3)26;/h6-9,12-13H,10-11H2,1-5H3;1H. The summed E-state index contributed by atoms with van der Waals surface area (Å²) in [5, 5.41) is 0.697. The molecule has 0 aliphatic rings. The highest BCUT2D eigenvalue weighted by Gasteiger charge is 2.22. The number of nitrogens with zero attached hydrogens (tertiary/aromatic N) is 3. The molecule has 0 unspecified atom stereocenters. The van der Waals surface area contributed by atoms with Crippen LogP contribution >= 0.6 is 23.7 Å². The molecular formula is C22H26ClN3O2S. The first-order valence-electron chi connectivity index (χ1n) is 9.21. The largest absolute Gasteiger partial charge is 0.308 e. The molecule has 0 spiro atoms. The monoisotopic (exact) mass is 431 g/mol. The Balaban J connectivity index is 0.00000300. The summed E-state index contributed by atoms with van der Waals surface area (Å²) in [5.74, 6) is -0.121. The summed E-state index contributed by atoms with van der Waals surface area (Å²) in [6.45, 7) is 6.94. The molecule has 0 N–H and O–H groups in total. The molecule has 0 fully saturated rings. The molecule has 3 rings (SSSR count). The third kappa shape index (κ3) is 5.21. The molecule has 1 amide bonds. The first kappa shape index (κ1) is 23.0. The van der Waals surface area contributed by atoms with Crippen LogP contribution in [-0.4, -0.2) is 48.8 Å². The Kier molecular flexibility index (Phi) is 7.52. The van der Waals surface area contributed by atoms with Crippen LogP contribution in [0.2, 0.25) is 0 Å². The Morgan fingerprint density at radius 1 is 0.966 bits per heavy atom. The fourth-order valence-corrected chi connectivity index (χ4v) is 3.94. The minimum atomic E-state index is -0.107. The number of thiazole rings is 1. The third-order valence-electron chi connectivity index (χ3n) is 4.78. The van der Waals surface area contributed by atoms with Crippen molar-refractivity contribution in [2.45, 2.75) is 20.8 Å². The van der Waals surface area contributed by atoms with E-state index < -0.39 is 0 Å².